The lowest BCUT2D eigenvalue weighted by Gasteiger charge is -2.44. The first-order chi connectivity index (χ1) is 8.51. The minimum atomic E-state index is -1.23. The summed E-state index contributed by atoms with van der Waals surface area (Å²) in [6.07, 6.45) is 3.99. The van der Waals surface area contributed by atoms with Crippen LogP contribution >= 0.6 is 0 Å². The zero-order chi connectivity index (χ0) is 13.2. The smallest absolute Gasteiger partial charge is 0.316 e. The molecule has 1 aromatic carbocycles. The van der Waals surface area contributed by atoms with Gasteiger partial charge in [0, 0.05) is 0 Å². The largest absolute Gasteiger partial charge is 0.481 e. The van der Waals surface area contributed by atoms with Crippen LogP contribution in [0.3, 0.4) is 0 Å². The standard InChI is InChI=1S/C15H20O3/c1-14(13(16)17,12-8-4-2-5-9-12)15(18)10-6-3-7-11-15/h2,4-5,8-9,18H,3,6-7,10-11H2,1H3,(H,16,17). The fourth-order valence-corrected chi connectivity index (χ4v) is 3.00. The molecule has 0 aromatic heterocycles. The summed E-state index contributed by atoms with van der Waals surface area (Å²) in [7, 11) is 0. The number of carbonyl (C=O) groups is 1. The summed E-state index contributed by atoms with van der Waals surface area (Å²) >= 11 is 0. The molecule has 3 heteroatoms. The van der Waals surface area contributed by atoms with Crippen LogP contribution in [0.25, 0.3) is 0 Å². The van der Waals surface area contributed by atoms with Crippen molar-refractivity contribution in [3.8, 4) is 0 Å². The van der Waals surface area contributed by atoms with Crippen molar-refractivity contribution in [1.82, 2.24) is 0 Å². The van der Waals surface area contributed by atoms with Crippen molar-refractivity contribution in [1.29, 1.82) is 0 Å². The van der Waals surface area contributed by atoms with Crippen LogP contribution in [-0.2, 0) is 10.2 Å². The minimum absolute atomic E-state index is 0.560. The fourth-order valence-electron chi connectivity index (χ4n) is 3.00. The van der Waals surface area contributed by atoms with Crippen molar-refractivity contribution in [2.45, 2.75) is 50.0 Å². The van der Waals surface area contributed by atoms with Crippen molar-refractivity contribution in [2.75, 3.05) is 0 Å². The van der Waals surface area contributed by atoms with Gasteiger partial charge in [-0.3, -0.25) is 4.79 Å². The summed E-state index contributed by atoms with van der Waals surface area (Å²) in [5, 5.41) is 20.5. The van der Waals surface area contributed by atoms with E-state index in [0.717, 1.165) is 19.3 Å². The summed E-state index contributed by atoms with van der Waals surface area (Å²) in [4.78, 5) is 11.8. The second-order valence-corrected chi connectivity index (χ2v) is 5.39. The number of aliphatic carboxylic acids is 1. The molecule has 0 amide bonds. The topological polar surface area (TPSA) is 57.5 Å². The summed E-state index contributed by atoms with van der Waals surface area (Å²) in [6.45, 7) is 1.65. The maximum Gasteiger partial charge on any atom is 0.316 e. The molecule has 1 aromatic rings. The Hall–Kier alpha value is -1.35. The Morgan fingerprint density at radius 2 is 1.72 bits per heavy atom. The molecule has 1 aliphatic rings. The van der Waals surface area contributed by atoms with Crippen molar-refractivity contribution in [2.24, 2.45) is 0 Å². The van der Waals surface area contributed by atoms with Gasteiger partial charge < -0.3 is 10.2 Å². The van der Waals surface area contributed by atoms with Crippen molar-refractivity contribution < 1.29 is 15.0 Å². The molecule has 1 atom stereocenters. The first-order valence-electron chi connectivity index (χ1n) is 6.52. The first kappa shape index (κ1) is 13.1. The number of aliphatic hydroxyl groups is 1. The van der Waals surface area contributed by atoms with Gasteiger partial charge in [0.1, 0.15) is 5.41 Å². The van der Waals surface area contributed by atoms with E-state index in [1.165, 1.54) is 0 Å². The molecule has 0 radical (unpaired) electrons. The molecule has 98 valence electrons. The van der Waals surface area contributed by atoms with E-state index in [9.17, 15) is 15.0 Å². The average Bonchev–Trinajstić information content (AvgIpc) is 2.39. The molecule has 1 fully saturated rings. The van der Waals surface area contributed by atoms with E-state index in [2.05, 4.69) is 0 Å². The van der Waals surface area contributed by atoms with Gasteiger partial charge in [-0.25, -0.2) is 0 Å². The molecular formula is C15H20O3. The van der Waals surface area contributed by atoms with Gasteiger partial charge in [0.05, 0.1) is 5.60 Å². The van der Waals surface area contributed by atoms with Crippen LogP contribution in [0.15, 0.2) is 30.3 Å². The van der Waals surface area contributed by atoms with E-state index >= 15 is 0 Å². The van der Waals surface area contributed by atoms with Crippen molar-refractivity contribution in [3.05, 3.63) is 35.9 Å². The van der Waals surface area contributed by atoms with Crippen LogP contribution in [0.1, 0.15) is 44.6 Å². The Morgan fingerprint density at radius 3 is 2.22 bits per heavy atom. The van der Waals surface area contributed by atoms with Crippen molar-refractivity contribution in [3.63, 3.8) is 0 Å². The molecule has 0 heterocycles. The van der Waals surface area contributed by atoms with Gasteiger partial charge >= 0.3 is 5.97 Å². The number of hydrogen-bond donors (Lipinski definition) is 2. The zero-order valence-electron chi connectivity index (χ0n) is 10.7. The summed E-state index contributed by atoms with van der Waals surface area (Å²) in [6, 6.07) is 9.09. The van der Waals surface area contributed by atoms with Gasteiger partial charge in [-0.05, 0) is 25.3 Å². The Bertz CT molecular complexity index is 421. The SMILES string of the molecule is CC(C(=O)O)(c1ccccc1)C1(O)CCCCC1. The Labute approximate surface area is 107 Å². The Kier molecular flexibility index (Phi) is 3.44. The van der Waals surface area contributed by atoms with Gasteiger partial charge in [-0.15, -0.1) is 0 Å². The molecule has 2 N–H and O–H groups in total. The Balaban J connectivity index is 2.47. The van der Waals surface area contributed by atoms with Crippen LogP contribution in [0.4, 0.5) is 0 Å². The minimum Gasteiger partial charge on any atom is -0.481 e. The maximum absolute atomic E-state index is 11.8. The average molecular weight is 248 g/mol. The van der Waals surface area contributed by atoms with Crippen LogP contribution in [-0.4, -0.2) is 21.8 Å². The van der Waals surface area contributed by atoms with E-state index in [-0.39, 0.29) is 0 Å². The molecule has 1 aliphatic carbocycles. The Morgan fingerprint density at radius 1 is 1.17 bits per heavy atom. The highest BCUT2D eigenvalue weighted by atomic mass is 16.4. The molecule has 1 unspecified atom stereocenters. The molecule has 0 spiro atoms. The third-order valence-electron chi connectivity index (χ3n) is 4.39. The second-order valence-electron chi connectivity index (χ2n) is 5.39. The molecule has 2 rings (SSSR count). The predicted octanol–water partition coefficient (Wildman–Crippen LogP) is 2.72. The highest BCUT2D eigenvalue weighted by Crippen LogP contribution is 2.44. The predicted molar refractivity (Wildman–Crippen MR) is 69.5 cm³/mol. The third-order valence-corrected chi connectivity index (χ3v) is 4.39. The van der Waals surface area contributed by atoms with Crippen LogP contribution in [0, 0.1) is 0 Å². The van der Waals surface area contributed by atoms with Gasteiger partial charge in [0.25, 0.3) is 0 Å². The van der Waals surface area contributed by atoms with Gasteiger partial charge in [0.15, 0.2) is 0 Å². The van der Waals surface area contributed by atoms with Gasteiger partial charge in [0.2, 0.25) is 0 Å². The van der Waals surface area contributed by atoms with E-state index < -0.39 is 17.0 Å². The number of carboxylic acid groups (broad SMARTS) is 1. The molecule has 0 aliphatic heterocycles. The quantitative estimate of drug-likeness (QED) is 0.864. The monoisotopic (exact) mass is 248 g/mol. The number of hydrogen-bond acceptors (Lipinski definition) is 2. The summed E-state index contributed by atoms with van der Waals surface area (Å²) < 4.78 is 0. The van der Waals surface area contributed by atoms with Crippen LogP contribution < -0.4 is 0 Å². The second kappa shape index (κ2) is 4.73. The lowest BCUT2D eigenvalue weighted by molar-refractivity contribution is -0.158. The molecule has 0 bridgehead atoms. The normalized spacial score (nSPS) is 22.1. The molecule has 0 saturated heterocycles. The third kappa shape index (κ3) is 1.93. The van der Waals surface area contributed by atoms with Gasteiger partial charge in [-0.1, -0.05) is 49.6 Å². The maximum atomic E-state index is 11.8. The fraction of sp³-hybridized carbons (Fsp3) is 0.533. The summed E-state index contributed by atoms with van der Waals surface area (Å²) in [5.41, 5.74) is -1.69. The molecule has 1 saturated carbocycles. The van der Waals surface area contributed by atoms with E-state index in [1.807, 2.05) is 18.2 Å². The highest BCUT2D eigenvalue weighted by Gasteiger charge is 2.53. The first-order valence-corrected chi connectivity index (χ1v) is 6.52. The van der Waals surface area contributed by atoms with Crippen LogP contribution in [0.5, 0.6) is 0 Å². The van der Waals surface area contributed by atoms with E-state index in [1.54, 1.807) is 19.1 Å². The number of carboxylic acids is 1. The molecule has 18 heavy (non-hydrogen) atoms. The number of benzene rings is 1. The highest BCUT2D eigenvalue weighted by molar-refractivity contribution is 5.82. The molecular weight excluding hydrogens is 228 g/mol. The lowest BCUT2D eigenvalue weighted by atomic mass is 9.63. The zero-order valence-corrected chi connectivity index (χ0v) is 10.7. The lowest BCUT2D eigenvalue weighted by Crippen LogP contribution is -2.55. The van der Waals surface area contributed by atoms with Gasteiger partial charge in [-0.2, -0.15) is 0 Å². The number of rotatable bonds is 3. The van der Waals surface area contributed by atoms with Crippen molar-refractivity contribution >= 4 is 5.97 Å². The van der Waals surface area contributed by atoms with E-state index in [0.29, 0.717) is 18.4 Å². The van der Waals surface area contributed by atoms with E-state index in [4.69, 9.17) is 0 Å². The van der Waals surface area contributed by atoms with Crippen LogP contribution in [0.2, 0.25) is 0 Å². The summed E-state index contributed by atoms with van der Waals surface area (Å²) in [5.74, 6) is -0.946. The molecule has 3 nitrogen and oxygen atoms in total.